The molecule has 4 unspecified atom stereocenters. The van der Waals surface area contributed by atoms with Gasteiger partial charge in [-0.25, -0.2) is 0 Å². The zero-order valence-electron chi connectivity index (χ0n) is 17.2. The average Bonchev–Trinajstić information content (AvgIpc) is 2.60. The highest BCUT2D eigenvalue weighted by atomic mass is 16.5. The second-order valence-corrected chi connectivity index (χ2v) is 9.13. The molecule has 0 aromatic heterocycles. The first kappa shape index (κ1) is 20.4. The number of ether oxygens (including phenoxy) is 1. The lowest BCUT2D eigenvalue weighted by atomic mass is 9.63. The first-order chi connectivity index (χ1) is 13.1. The predicted octanol–water partition coefficient (Wildman–Crippen LogP) is 4.85. The van der Waals surface area contributed by atoms with Crippen LogP contribution in [-0.2, 0) is 0 Å². The van der Waals surface area contributed by atoms with Crippen LogP contribution in [0.15, 0.2) is 12.2 Å². The van der Waals surface area contributed by atoms with Crippen molar-refractivity contribution in [3.05, 3.63) is 28.8 Å². The molecule has 5 nitrogen and oxygen atoms in total. The molecule has 0 bridgehead atoms. The Labute approximate surface area is 166 Å². The maximum atomic E-state index is 11.8. The van der Waals surface area contributed by atoms with Gasteiger partial charge in [0.15, 0.2) is 12.6 Å². The van der Waals surface area contributed by atoms with Gasteiger partial charge in [-0.2, -0.15) is 0 Å². The summed E-state index contributed by atoms with van der Waals surface area (Å²) in [6.07, 6.45) is 6.83. The fraction of sp³-hybridized carbons (Fsp3) is 0.565. The van der Waals surface area contributed by atoms with Gasteiger partial charge in [0.2, 0.25) is 0 Å². The van der Waals surface area contributed by atoms with Crippen molar-refractivity contribution in [1.29, 1.82) is 0 Å². The summed E-state index contributed by atoms with van der Waals surface area (Å²) in [7, 11) is 0. The minimum atomic E-state index is -0.642. The minimum absolute atomic E-state index is 0.0669. The molecular weight excluding hydrogens is 356 g/mol. The number of carbonyl (C=O) groups is 2. The molecule has 2 N–H and O–H groups in total. The van der Waals surface area contributed by atoms with E-state index in [2.05, 4.69) is 39.8 Å². The van der Waals surface area contributed by atoms with Crippen LogP contribution in [0.1, 0.15) is 79.7 Å². The van der Waals surface area contributed by atoms with Crippen LogP contribution in [0.2, 0.25) is 0 Å². The van der Waals surface area contributed by atoms with Gasteiger partial charge in [-0.15, -0.1) is 0 Å². The number of allylic oxidation sites excluding steroid dienone is 1. The van der Waals surface area contributed by atoms with Gasteiger partial charge in [-0.3, -0.25) is 9.59 Å². The Morgan fingerprint density at radius 1 is 1.14 bits per heavy atom. The Morgan fingerprint density at radius 3 is 2.32 bits per heavy atom. The molecule has 1 aliphatic carbocycles. The van der Waals surface area contributed by atoms with Crippen molar-refractivity contribution in [2.45, 2.75) is 59.0 Å². The first-order valence-corrected chi connectivity index (χ1v) is 10.0. The molecular formula is C23H30O5. The van der Waals surface area contributed by atoms with Gasteiger partial charge in [0.25, 0.3) is 0 Å². The Hall–Kier alpha value is -2.30. The Balaban J connectivity index is 2.28. The molecule has 0 saturated carbocycles. The Morgan fingerprint density at radius 2 is 1.79 bits per heavy atom. The van der Waals surface area contributed by atoms with Crippen LogP contribution in [0.4, 0.5) is 0 Å². The van der Waals surface area contributed by atoms with E-state index in [4.69, 9.17) is 4.74 Å². The van der Waals surface area contributed by atoms with E-state index in [9.17, 15) is 19.8 Å². The molecule has 4 atom stereocenters. The number of rotatable bonds is 5. The molecule has 0 radical (unpaired) electrons. The van der Waals surface area contributed by atoms with Crippen molar-refractivity contribution < 1.29 is 24.5 Å². The lowest BCUT2D eigenvalue weighted by molar-refractivity contribution is 0.00795. The van der Waals surface area contributed by atoms with Crippen LogP contribution >= 0.6 is 0 Å². The molecule has 1 aliphatic heterocycles. The van der Waals surface area contributed by atoms with E-state index in [0.29, 0.717) is 35.9 Å². The average molecular weight is 386 g/mol. The Kier molecular flexibility index (Phi) is 5.30. The molecule has 0 amide bonds. The van der Waals surface area contributed by atoms with Crippen molar-refractivity contribution in [3.63, 3.8) is 0 Å². The van der Waals surface area contributed by atoms with E-state index < -0.39 is 11.4 Å². The summed E-state index contributed by atoms with van der Waals surface area (Å²) in [4.78, 5) is 23.3. The van der Waals surface area contributed by atoms with Crippen LogP contribution in [0.5, 0.6) is 17.2 Å². The minimum Gasteiger partial charge on any atom is -0.507 e. The number of phenols is 2. The van der Waals surface area contributed by atoms with Crippen molar-refractivity contribution in [2.24, 2.45) is 23.7 Å². The van der Waals surface area contributed by atoms with Crippen LogP contribution < -0.4 is 4.74 Å². The largest absolute Gasteiger partial charge is 0.507 e. The third kappa shape index (κ3) is 3.11. The quantitative estimate of drug-likeness (QED) is 0.558. The summed E-state index contributed by atoms with van der Waals surface area (Å²) < 4.78 is 6.29. The van der Waals surface area contributed by atoms with Gasteiger partial charge in [0.1, 0.15) is 22.8 Å². The third-order valence-corrected chi connectivity index (χ3v) is 6.44. The van der Waals surface area contributed by atoms with Crippen LogP contribution in [0.25, 0.3) is 0 Å². The molecule has 5 heteroatoms. The summed E-state index contributed by atoms with van der Waals surface area (Å²) in [6.45, 7) is 10.6. The molecule has 1 aromatic carbocycles. The highest BCUT2D eigenvalue weighted by Gasteiger charge is 2.50. The fourth-order valence-corrected chi connectivity index (χ4v) is 4.86. The van der Waals surface area contributed by atoms with Crippen molar-refractivity contribution in [1.82, 2.24) is 0 Å². The maximum Gasteiger partial charge on any atom is 0.157 e. The smallest absolute Gasteiger partial charge is 0.157 e. The maximum absolute atomic E-state index is 11.8. The molecule has 152 valence electrons. The monoisotopic (exact) mass is 386 g/mol. The van der Waals surface area contributed by atoms with Crippen LogP contribution in [0, 0.1) is 23.7 Å². The van der Waals surface area contributed by atoms with Crippen molar-refractivity contribution in [3.8, 4) is 17.2 Å². The molecule has 3 rings (SSSR count). The summed E-state index contributed by atoms with van der Waals surface area (Å²) in [5, 5.41) is 21.2. The molecule has 2 aliphatic rings. The summed E-state index contributed by atoms with van der Waals surface area (Å²) in [6, 6.07) is 0. The molecule has 28 heavy (non-hydrogen) atoms. The summed E-state index contributed by atoms with van der Waals surface area (Å²) in [5.41, 5.74) is -0.468. The van der Waals surface area contributed by atoms with Crippen LogP contribution in [-0.4, -0.2) is 28.4 Å². The lowest BCUT2D eigenvalue weighted by Gasteiger charge is -2.50. The van der Waals surface area contributed by atoms with Gasteiger partial charge in [-0.1, -0.05) is 33.8 Å². The van der Waals surface area contributed by atoms with E-state index in [1.165, 1.54) is 0 Å². The zero-order valence-corrected chi connectivity index (χ0v) is 17.2. The van der Waals surface area contributed by atoms with Gasteiger partial charge in [-0.05, 0) is 49.5 Å². The second-order valence-electron chi connectivity index (χ2n) is 9.13. The normalized spacial score (nSPS) is 28.6. The van der Waals surface area contributed by atoms with Gasteiger partial charge in [0.05, 0.1) is 11.1 Å². The van der Waals surface area contributed by atoms with Gasteiger partial charge < -0.3 is 14.9 Å². The molecule has 1 aromatic rings. The number of benzene rings is 1. The number of fused-ring (bicyclic) bond motifs is 2. The van der Waals surface area contributed by atoms with E-state index in [1.54, 1.807) is 0 Å². The van der Waals surface area contributed by atoms with E-state index >= 15 is 0 Å². The SMILES string of the molecule is CC(C)CC1c2c(O)c(C=O)c(O)c(C=O)c2OC2(C)C=CC(C(C)C)CC12. The van der Waals surface area contributed by atoms with Crippen molar-refractivity contribution >= 4 is 12.6 Å². The third-order valence-electron chi connectivity index (χ3n) is 6.44. The first-order valence-electron chi connectivity index (χ1n) is 10.0. The zero-order chi connectivity index (χ0) is 20.8. The second kappa shape index (κ2) is 7.26. The number of carbonyl (C=O) groups excluding carboxylic acids is 2. The van der Waals surface area contributed by atoms with E-state index in [-0.39, 0.29) is 34.5 Å². The highest BCUT2D eigenvalue weighted by molar-refractivity contribution is 5.95. The number of hydrogen-bond acceptors (Lipinski definition) is 5. The standard InChI is InChI=1S/C23H30O5/c1-12(2)8-15-18-9-14(13(3)4)6-7-23(18,5)28-22-17(11-25)20(26)16(10-24)21(27)19(15)22/h6-7,10-15,18,26-27H,8-9H2,1-5H3. The van der Waals surface area contributed by atoms with E-state index in [0.717, 1.165) is 12.8 Å². The van der Waals surface area contributed by atoms with E-state index in [1.807, 2.05) is 6.92 Å². The topological polar surface area (TPSA) is 83.8 Å². The van der Waals surface area contributed by atoms with Crippen LogP contribution in [0.3, 0.4) is 0 Å². The molecule has 0 fully saturated rings. The molecule has 0 saturated heterocycles. The summed E-state index contributed by atoms with van der Waals surface area (Å²) >= 11 is 0. The number of aromatic hydroxyl groups is 2. The van der Waals surface area contributed by atoms with Gasteiger partial charge in [0, 0.05) is 11.5 Å². The molecule has 1 heterocycles. The fourth-order valence-electron chi connectivity index (χ4n) is 4.86. The number of hydrogen-bond donors (Lipinski definition) is 2. The number of phenolic OH excluding ortho intramolecular Hbond substituents is 2. The van der Waals surface area contributed by atoms with Gasteiger partial charge >= 0.3 is 0 Å². The number of aldehydes is 2. The lowest BCUT2D eigenvalue weighted by Crippen LogP contribution is -2.49. The molecule has 0 spiro atoms. The Bertz CT molecular complexity index is 823. The predicted molar refractivity (Wildman–Crippen MR) is 107 cm³/mol. The highest BCUT2D eigenvalue weighted by Crippen LogP contribution is 2.58. The summed E-state index contributed by atoms with van der Waals surface area (Å²) in [5.74, 6) is 0.638. The van der Waals surface area contributed by atoms with Crippen molar-refractivity contribution in [2.75, 3.05) is 0 Å².